The lowest BCUT2D eigenvalue weighted by Crippen LogP contribution is -2.77. The van der Waals surface area contributed by atoms with E-state index in [1.54, 1.807) is 7.11 Å². The Morgan fingerprint density at radius 2 is 2.03 bits per heavy atom. The number of benzene rings is 1. The summed E-state index contributed by atoms with van der Waals surface area (Å²) in [5.74, 6) is 2.30. The molecule has 0 radical (unpaired) electrons. The molecule has 7 heteroatoms. The summed E-state index contributed by atoms with van der Waals surface area (Å²) in [6, 6.07) is 4.37. The van der Waals surface area contributed by atoms with Gasteiger partial charge in [-0.1, -0.05) is 19.4 Å². The van der Waals surface area contributed by atoms with Crippen LogP contribution in [0.15, 0.2) is 12.1 Å². The van der Waals surface area contributed by atoms with Crippen LogP contribution in [0.4, 0.5) is 0 Å². The van der Waals surface area contributed by atoms with Gasteiger partial charge >= 0.3 is 0 Å². The molecule has 0 amide bonds. The van der Waals surface area contributed by atoms with Crippen molar-refractivity contribution in [2.24, 2.45) is 5.92 Å². The zero-order valence-electron chi connectivity index (χ0n) is 21.3. The number of aliphatic hydroxyl groups is 1. The van der Waals surface area contributed by atoms with Gasteiger partial charge in [0.25, 0.3) is 0 Å². The van der Waals surface area contributed by atoms with Crippen LogP contribution < -0.4 is 9.47 Å². The van der Waals surface area contributed by atoms with E-state index in [1.165, 1.54) is 30.4 Å². The molecule has 1 aromatic rings. The lowest BCUT2D eigenvalue weighted by molar-refractivity contribution is -0.216. The Bertz CT molecular complexity index is 921. The molecule has 7 nitrogen and oxygen atoms in total. The highest BCUT2D eigenvalue weighted by Crippen LogP contribution is 2.66. The normalized spacial score (nSPS) is 35.3. The van der Waals surface area contributed by atoms with Crippen LogP contribution >= 0.6 is 0 Å². The molecule has 3 fully saturated rings. The number of likely N-dealkylation sites (tertiary alicyclic amines) is 1. The van der Waals surface area contributed by atoms with E-state index in [4.69, 9.17) is 23.7 Å². The van der Waals surface area contributed by atoms with Crippen molar-refractivity contribution >= 4 is 0 Å². The largest absolute Gasteiger partial charge is 0.482 e. The van der Waals surface area contributed by atoms with Gasteiger partial charge in [0.1, 0.15) is 6.10 Å². The van der Waals surface area contributed by atoms with E-state index in [2.05, 4.69) is 17.9 Å². The minimum atomic E-state index is -0.808. The van der Waals surface area contributed by atoms with Gasteiger partial charge in [0.2, 0.25) is 0 Å². The maximum absolute atomic E-state index is 12.6. The fourth-order valence-corrected chi connectivity index (χ4v) is 7.66. The highest BCUT2D eigenvalue weighted by atomic mass is 16.7. The summed E-state index contributed by atoms with van der Waals surface area (Å²) < 4.78 is 29.9. The van der Waals surface area contributed by atoms with Gasteiger partial charge in [-0.2, -0.15) is 0 Å². The van der Waals surface area contributed by atoms with Gasteiger partial charge in [0.15, 0.2) is 18.3 Å². The number of nitrogens with zero attached hydrogens (tertiary/aromatic N) is 1. The quantitative estimate of drug-likeness (QED) is 0.379. The van der Waals surface area contributed by atoms with E-state index < -0.39 is 11.0 Å². The second-order valence-electron chi connectivity index (χ2n) is 11.2. The van der Waals surface area contributed by atoms with Gasteiger partial charge in [0, 0.05) is 31.9 Å². The predicted molar refractivity (Wildman–Crippen MR) is 131 cm³/mol. The molecule has 0 unspecified atom stereocenters. The summed E-state index contributed by atoms with van der Waals surface area (Å²) in [5, 5.41) is 12.6. The molecule has 1 saturated heterocycles. The first-order valence-corrected chi connectivity index (χ1v) is 13.7. The Labute approximate surface area is 209 Å². The third-order valence-electron chi connectivity index (χ3n) is 9.49. The third kappa shape index (κ3) is 3.64. The van der Waals surface area contributed by atoms with E-state index in [9.17, 15) is 5.11 Å². The van der Waals surface area contributed by atoms with Crippen molar-refractivity contribution < 1.29 is 28.8 Å². The van der Waals surface area contributed by atoms with Gasteiger partial charge in [-0.25, -0.2) is 0 Å². The molecule has 0 aromatic heterocycles. The molecule has 35 heavy (non-hydrogen) atoms. The molecule has 3 aliphatic carbocycles. The first-order valence-electron chi connectivity index (χ1n) is 13.7. The maximum atomic E-state index is 12.6. The lowest BCUT2D eigenvalue weighted by Gasteiger charge is -2.64. The second-order valence-corrected chi connectivity index (χ2v) is 11.2. The van der Waals surface area contributed by atoms with Crippen LogP contribution in [0.1, 0.15) is 63.0 Å². The van der Waals surface area contributed by atoms with Gasteiger partial charge in [-0.05, 0) is 69.0 Å². The van der Waals surface area contributed by atoms with Crippen molar-refractivity contribution in [3.63, 3.8) is 0 Å². The molecule has 6 rings (SSSR count). The standard InChI is InChI=1S/C28H41NO6/c1-3-13-33-22-9-10-28(30)23-16-20-7-8-21(34-18-32-15-14-31-2)25-24(20)27(28,26(22)35-25)11-12-29(23)17-19-5-4-6-19/h7-8,19,22-23,26,30H,3-6,9-18H2,1-2H3/t22-,23+,26-,27-,28+/m0/s1. The predicted octanol–water partition coefficient (Wildman–Crippen LogP) is 3.44. The van der Waals surface area contributed by atoms with E-state index in [0.29, 0.717) is 19.0 Å². The minimum Gasteiger partial charge on any atom is -0.482 e. The van der Waals surface area contributed by atoms with Gasteiger partial charge in [-0.3, -0.25) is 4.90 Å². The average Bonchev–Trinajstić information content (AvgIpc) is 3.18. The van der Waals surface area contributed by atoms with Crippen molar-refractivity contribution in [1.29, 1.82) is 0 Å². The van der Waals surface area contributed by atoms with Crippen molar-refractivity contribution in [1.82, 2.24) is 4.90 Å². The molecule has 2 aliphatic heterocycles. The van der Waals surface area contributed by atoms with Crippen LogP contribution in [0.25, 0.3) is 0 Å². The Morgan fingerprint density at radius 1 is 1.14 bits per heavy atom. The third-order valence-corrected chi connectivity index (χ3v) is 9.49. The SMILES string of the molecule is CCCO[C@H]1CC[C@@]2(O)[C@H]3Cc4ccc(OCOCCOC)c5c4[C@@]2(CCN3CC2CCC2)[C@H]1O5. The van der Waals surface area contributed by atoms with Gasteiger partial charge < -0.3 is 28.8 Å². The Hall–Kier alpha value is -1.38. The fourth-order valence-electron chi connectivity index (χ4n) is 7.66. The monoisotopic (exact) mass is 487 g/mol. The minimum absolute atomic E-state index is 0.0155. The summed E-state index contributed by atoms with van der Waals surface area (Å²) in [6.45, 7) is 6.15. The summed E-state index contributed by atoms with van der Waals surface area (Å²) in [7, 11) is 1.66. The Kier molecular flexibility index (Phi) is 6.50. The van der Waals surface area contributed by atoms with Crippen molar-refractivity contribution in [3.05, 3.63) is 23.3 Å². The van der Waals surface area contributed by atoms with Crippen molar-refractivity contribution in [3.8, 4) is 11.5 Å². The number of ether oxygens (including phenoxy) is 5. The van der Waals surface area contributed by atoms with Crippen LogP contribution in [0.3, 0.4) is 0 Å². The maximum Gasteiger partial charge on any atom is 0.189 e. The zero-order chi connectivity index (χ0) is 24.0. The number of methoxy groups -OCH3 is 1. The number of rotatable bonds is 11. The van der Waals surface area contributed by atoms with Gasteiger partial charge in [0.05, 0.1) is 30.3 Å². The summed E-state index contributed by atoms with van der Waals surface area (Å²) in [4.78, 5) is 2.62. The molecular weight excluding hydrogens is 446 g/mol. The van der Waals surface area contributed by atoms with Crippen LogP contribution in [0.5, 0.6) is 11.5 Å². The van der Waals surface area contributed by atoms with Crippen LogP contribution in [0.2, 0.25) is 0 Å². The number of piperidine rings is 1. The molecule has 2 saturated carbocycles. The molecule has 2 bridgehead atoms. The summed E-state index contributed by atoms with van der Waals surface area (Å²) in [6.07, 6.45) is 8.16. The summed E-state index contributed by atoms with van der Waals surface area (Å²) in [5.41, 5.74) is 1.24. The molecule has 1 N–H and O–H groups in total. The van der Waals surface area contributed by atoms with Crippen LogP contribution in [0, 0.1) is 5.92 Å². The average molecular weight is 488 g/mol. The number of hydrogen-bond donors (Lipinski definition) is 1. The first kappa shape index (κ1) is 24.0. The highest BCUT2D eigenvalue weighted by Gasteiger charge is 2.73. The zero-order valence-corrected chi connectivity index (χ0v) is 21.3. The highest BCUT2D eigenvalue weighted by molar-refractivity contribution is 5.63. The molecule has 1 spiro atoms. The van der Waals surface area contributed by atoms with Crippen LogP contribution in [-0.2, 0) is 26.0 Å². The topological polar surface area (TPSA) is 69.6 Å². The molecule has 5 aliphatic rings. The smallest absolute Gasteiger partial charge is 0.189 e. The molecule has 194 valence electrons. The van der Waals surface area contributed by atoms with Crippen molar-refractivity contribution in [2.75, 3.05) is 46.8 Å². The Balaban J connectivity index is 1.36. The van der Waals surface area contributed by atoms with E-state index >= 15 is 0 Å². The molecule has 1 aromatic carbocycles. The Morgan fingerprint density at radius 3 is 2.80 bits per heavy atom. The van der Waals surface area contributed by atoms with E-state index in [-0.39, 0.29) is 25.0 Å². The van der Waals surface area contributed by atoms with Crippen molar-refractivity contribution in [2.45, 2.75) is 87.6 Å². The number of hydrogen-bond acceptors (Lipinski definition) is 7. The molecule has 2 heterocycles. The molecular formula is C28H41NO6. The molecule has 5 atom stereocenters. The second kappa shape index (κ2) is 9.49. The van der Waals surface area contributed by atoms with Crippen LogP contribution in [-0.4, -0.2) is 80.7 Å². The van der Waals surface area contributed by atoms with E-state index in [0.717, 1.165) is 63.5 Å². The van der Waals surface area contributed by atoms with E-state index in [1.807, 2.05) is 6.07 Å². The fraction of sp³-hybridized carbons (Fsp3) is 0.786. The van der Waals surface area contributed by atoms with Gasteiger partial charge in [-0.15, -0.1) is 0 Å². The first-order chi connectivity index (χ1) is 17.1. The lowest BCUT2D eigenvalue weighted by atomic mass is 9.48. The summed E-state index contributed by atoms with van der Waals surface area (Å²) >= 11 is 0.